The van der Waals surface area contributed by atoms with Crippen LogP contribution in [0.4, 0.5) is 10.1 Å². The molecule has 5 nitrogen and oxygen atoms in total. The van der Waals surface area contributed by atoms with Crippen LogP contribution in [0.5, 0.6) is 11.5 Å². The Balaban J connectivity index is 1.75. The van der Waals surface area contributed by atoms with Crippen LogP contribution in [0.3, 0.4) is 0 Å². The van der Waals surface area contributed by atoms with Crippen LogP contribution >= 0.6 is 15.9 Å². The van der Waals surface area contributed by atoms with Gasteiger partial charge in [0.25, 0.3) is 5.91 Å². The highest BCUT2D eigenvalue weighted by Gasteiger charge is 2.13. The summed E-state index contributed by atoms with van der Waals surface area (Å²) in [4.78, 5) is 12.4. The highest BCUT2D eigenvalue weighted by molar-refractivity contribution is 9.10. The van der Waals surface area contributed by atoms with Crippen LogP contribution in [0.1, 0.15) is 11.1 Å². The first kappa shape index (κ1) is 22.1. The van der Waals surface area contributed by atoms with Gasteiger partial charge in [-0.05, 0) is 53.6 Å². The van der Waals surface area contributed by atoms with Crippen LogP contribution in [-0.2, 0) is 11.4 Å². The summed E-state index contributed by atoms with van der Waals surface area (Å²) in [6.07, 6.45) is 1.40. The number of hydrogen-bond donors (Lipinski definition) is 1. The molecule has 0 aliphatic carbocycles. The van der Waals surface area contributed by atoms with Gasteiger partial charge in [-0.2, -0.15) is 5.26 Å². The summed E-state index contributed by atoms with van der Waals surface area (Å²) in [5, 5.41) is 11.8. The Labute approximate surface area is 187 Å². The molecule has 0 spiro atoms. The van der Waals surface area contributed by atoms with Crippen molar-refractivity contribution in [2.75, 3.05) is 12.4 Å². The molecule has 3 aromatic carbocycles. The van der Waals surface area contributed by atoms with Crippen molar-refractivity contribution < 1.29 is 18.7 Å². The van der Waals surface area contributed by atoms with E-state index in [4.69, 9.17) is 9.47 Å². The van der Waals surface area contributed by atoms with Crippen molar-refractivity contribution in [3.05, 3.63) is 93.7 Å². The van der Waals surface area contributed by atoms with Crippen molar-refractivity contribution in [1.82, 2.24) is 0 Å². The standard InChI is InChI=1S/C24H18BrFN2O3/c1-30-23-13-17(8-11-22(23)31-15-16-6-9-19(25)10-7-16)12-18(14-27)24(29)28-21-5-3-2-4-20(21)26/h2-13H,15H2,1H3,(H,28,29)/b18-12+. The molecule has 3 aromatic rings. The maximum absolute atomic E-state index is 13.8. The largest absolute Gasteiger partial charge is 0.493 e. The number of hydrogen-bond acceptors (Lipinski definition) is 4. The lowest BCUT2D eigenvalue weighted by atomic mass is 10.1. The lowest BCUT2D eigenvalue weighted by molar-refractivity contribution is -0.112. The maximum atomic E-state index is 13.8. The van der Waals surface area contributed by atoms with Gasteiger partial charge in [0.15, 0.2) is 11.5 Å². The predicted octanol–water partition coefficient (Wildman–Crippen LogP) is 5.72. The fraction of sp³-hybridized carbons (Fsp3) is 0.0833. The van der Waals surface area contributed by atoms with Gasteiger partial charge >= 0.3 is 0 Å². The second kappa shape index (κ2) is 10.4. The third-order valence-corrected chi connectivity index (χ3v) is 4.82. The first-order valence-corrected chi connectivity index (χ1v) is 10.0. The van der Waals surface area contributed by atoms with Crippen molar-refractivity contribution >= 4 is 33.6 Å². The van der Waals surface area contributed by atoms with Gasteiger partial charge in [0.1, 0.15) is 24.1 Å². The first-order chi connectivity index (χ1) is 15.0. The molecule has 0 atom stereocenters. The molecule has 0 saturated heterocycles. The molecule has 31 heavy (non-hydrogen) atoms. The minimum Gasteiger partial charge on any atom is -0.493 e. The van der Waals surface area contributed by atoms with Crippen LogP contribution < -0.4 is 14.8 Å². The normalized spacial score (nSPS) is 10.8. The molecule has 0 aliphatic heterocycles. The van der Waals surface area contributed by atoms with Crippen molar-refractivity contribution in [2.24, 2.45) is 0 Å². The summed E-state index contributed by atoms with van der Waals surface area (Å²) >= 11 is 3.39. The van der Waals surface area contributed by atoms with E-state index in [2.05, 4.69) is 21.2 Å². The van der Waals surface area contributed by atoms with E-state index in [9.17, 15) is 14.4 Å². The molecule has 0 aromatic heterocycles. The Morgan fingerprint density at radius 2 is 1.87 bits per heavy atom. The Hall–Kier alpha value is -3.63. The van der Waals surface area contributed by atoms with E-state index >= 15 is 0 Å². The number of benzene rings is 3. The number of nitriles is 1. The molecule has 7 heteroatoms. The summed E-state index contributed by atoms with van der Waals surface area (Å²) in [5.41, 5.74) is 1.38. The molecule has 0 saturated carbocycles. The first-order valence-electron chi connectivity index (χ1n) is 9.23. The highest BCUT2D eigenvalue weighted by Crippen LogP contribution is 2.30. The summed E-state index contributed by atoms with van der Waals surface area (Å²) in [6.45, 7) is 0.354. The van der Waals surface area contributed by atoms with E-state index in [0.717, 1.165) is 10.0 Å². The number of amides is 1. The maximum Gasteiger partial charge on any atom is 0.266 e. The number of methoxy groups -OCH3 is 1. The molecular formula is C24H18BrFN2O3. The average molecular weight is 481 g/mol. The Morgan fingerprint density at radius 1 is 1.13 bits per heavy atom. The molecule has 1 amide bonds. The van der Waals surface area contributed by atoms with Gasteiger partial charge in [-0.15, -0.1) is 0 Å². The van der Waals surface area contributed by atoms with Gasteiger partial charge in [0.2, 0.25) is 0 Å². The number of anilines is 1. The van der Waals surface area contributed by atoms with Crippen molar-refractivity contribution in [1.29, 1.82) is 5.26 Å². The highest BCUT2D eigenvalue weighted by atomic mass is 79.9. The molecule has 1 N–H and O–H groups in total. The summed E-state index contributed by atoms with van der Waals surface area (Å²) in [5.74, 6) is -0.307. The van der Waals surface area contributed by atoms with E-state index in [-0.39, 0.29) is 11.3 Å². The minimum absolute atomic E-state index is 0.00270. The average Bonchev–Trinajstić information content (AvgIpc) is 2.78. The van der Waals surface area contributed by atoms with Gasteiger partial charge < -0.3 is 14.8 Å². The Bertz CT molecular complexity index is 1150. The lowest BCUT2D eigenvalue weighted by Gasteiger charge is -2.12. The van der Waals surface area contributed by atoms with Gasteiger partial charge in [-0.25, -0.2) is 4.39 Å². The van der Waals surface area contributed by atoms with E-state index in [1.54, 1.807) is 24.3 Å². The fourth-order valence-corrected chi connectivity index (χ4v) is 2.97. The number of halogens is 2. The van der Waals surface area contributed by atoms with Gasteiger partial charge in [0, 0.05) is 4.47 Å². The number of carbonyl (C=O) groups excluding carboxylic acids is 1. The number of para-hydroxylation sites is 1. The Kier molecular flexibility index (Phi) is 7.41. The molecule has 3 rings (SSSR count). The van der Waals surface area contributed by atoms with E-state index in [0.29, 0.717) is 23.7 Å². The fourth-order valence-electron chi connectivity index (χ4n) is 2.70. The van der Waals surface area contributed by atoms with Crippen molar-refractivity contribution in [2.45, 2.75) is 6.61 Å². The smallest absolute Gasteiger partial charge is 0.266 e. The van der Waals surface area contributed by atoms with E-state index < -0.39 is 11.7 Å². The van der Waals surface area contributed by atoms with E-state index in [1.807, 2.05) is 30.3 Å². The number of carbonyl (C=O) groups is 1. The zero-order valence-corrected chi connectivity index (χ0v) is 18.1. The SMILES string of the molecule is COc1cc(/C=C(\C#N)C(=O)Nc2ccccc2F)ccc1OCc1ccc(Br)cc1. The molecule has 0 bridgehead atoms. The number of nitrogens with zero attached hydrogens (tertiary/aromatic N) is 1. The second-order valence-electron chi connectivity index (χ2n) is 6.43. The van der Waals surface area contributed by atoms with Crippen LogP contribution in [0.15, 0.2) is 76.8 Å². The molecule has 0 heterocycles. The second-order valence-corrected chi connectivity index (χ2v) is 7.34. The molecule has 0 radical (unpaired) electrons. The minimum atomic E-state index is -0.706. The third-order valence-electron chi connectivity index (χ3n) is 4.29. The summed E-state index contributed by atoms with van der Waals surface area (Å²) in [6, 6.07) is 20.4. The van der Waals surface area contributed by atoms with Gasteiger partial charge in [-0.3, -0.25) is 4.79 Å². The number of nitrogens with one attached hydrogen (secondary N) is 1. The number of rotatable bonds is 7. The van der Waals surface area contributed by atoms with Crippen molar-refractivity contribution in [3.63, 3.8) is 0 Å². The zero-order valence-electron chi connectivity index (χ0n) is 16.6. The topological polar surface area (TPSA) is 71.3 Å². The van der Waals surface area contributed by atoms with Crippen LogP contribution in [0, 0.1) is 17.1 Å². The van der Waals surface area contributed by atoms with Crippen LogP contribution in [0.25, 0.3) is 6.08 Å². The summed E-state index contributed by atoms with van der Waals surface area (Å²) in [7, 11) is 1.51. The predicted molar refractivity (Wildman–Crippen MR) is 120 cm³/mol. The molecular weight excluding hydrogens is 463 g/mol. The third kappa shape index (κ3) is 5.93. The monoisotopic (exact) mass is 480 g/mol. The van der Waals surface area contributed by atoms with Gasteiger partial charge in [0.05, 0.1) is 12.8 Å². The Morgan fingerprint density at radius 3 is 2.55 bits per heavy atom. The molecule has 0 aliphatic rings. The van der Waals surface area contributed by atoms with Crippen LogP contribution in [0.2, 0.25) is 0 Å². The quantitative estimate of drug-likeness (QED) is 0.346. The lowest BCUT2D eigenvalue weighted by Crippen LogP contribution is -2.14. The van der Waals surface area contributed by atoms with Gasteiger partial charge in [-0.1, -0.05) is 46.3 Å². The number of ether oxygens (including phenoxy) is 2. The summed E-state index contributed by atoms with van der Waals surface area (Å²) < 4.78 is 26.0. The van der Waals surface area contributed by atoms with Crippen LogP contribution in [-0.4, -0.2) is 13.0 Å². The zero-order chi connectivity index (χ0) is 22.2. The van der Waals surface area contributed by atoms with Crippen molar-refractivity contribution in [3.8, 4) is 17.6 Å². The van der Waals surface area contributed by atoms with E-state index in [1.165, 1.54) is 31.4 Å². The molecule has 0 fully saturated rings. The molecule has 156 valence electrons. The molecule has 0 unspecified atom stereocenters.